The van der Waals surface area contributed by atoms with Crippen LogP contribution in [0, 0.1) is 0 Å². The Kier molecular flexibility index (Phi) is 11.4. The van der Waals surface area contributed by atoms with Gasteiger partial charge in [-0.2, -0.15) is 8.42 Å². The summed E-state index contributed by atoms with van der Waals surface area (Å²) >= 11 is 0. The number of ketones is 1. The second-order valence-corrected chi connectivity index (χ2v) is 14.4. The summed E-state index contributed by atoms with van der Waals surface area (Å²) in [7, 11) is -8.97. The number of hydrogen-bond donors (Lipinski definition) is 2. The minimum absolute atomic E-state index is 0.0831. The average Bonchev–Trinajstić information content (AvgIpc) is 3.01. The second-order valence-electron chi connectivity index (χ2n) is 11.2. The number of unbranched alkanes of at least 4 members (excludes halogenated alkanes) is 2. The molecule has 1 heterocycles. The van der Waals surface area contributed by atoms with Gasteiger partial charge in [0.1, 0.15) is 35.1 Å². The van der Waals surface area contributed by atoms with Crippen molar-refractivity contribution in [1.82, 2.24) is 9.30 Å². The molecule has 0 spiro atoms. The van der Waals surface area contributed by atoms with Crippen LogP contribution < -0.4 is 19.6 Å². The first-order valence-corrected chi connectivity index (χ1v) is 18.7. The van der Waals surface area contributed by atoms with Crippen LogP contribution in [-0.2, 0) is 24.9 Å². The Hall–Kier alpha value is -3.58. The Morgan fingerprint density at radius 3 is 2.20 bits per heavy atom. The topological polar surface area (TPSA) is 137 Å². The van der Waals surface area contributed by atoms with Crippen molar-refractivity contribution in [3.8, 4) is 22.5 Å². The molecule has 2 N–H and O–H groups in total. The Bertz CT molecular complexity index is 1970. The van der Waals surface area contributed by atoms with Gasteiger partial charge in [0.2, 0.25) is 15.4 Å². The molecule has 46 heavy (non-hydrogen) atoms. The summed E-state index contributed by atoms with van der Waals surface area (Å²) in [4.78, 5) is 12.5. The molecule has 0 bridgehead atoms. The van der Waals surface area contributed by atoms with Crippen LogP contribution in [-0.4, -0.2) is 59.9 Å². The molecule has 0 saturated heterocycles. The van der Waals surface area contributed by atoms with E-state index in [-0.39, 0.29) is 22.8 Å². The van der Waals surface area contributed by atoms with Crippen LogP contribution in [0.1, 0.15) is 60.3 Å². The minimum atomic E-state index is -4.87. The molecule has 2 aromatic rings. The van der Waals surface area contributed by atoms with Gasteiger partial charge < -0.3 is 14.1 Å². The Balaban J connectivity index is 1.92. The van der Waals surface area contributed by atoms with Crippen molar-refractivity contribution >= 4 is 42.6 Å². The first-order chi connectivity index (χ1) is 21.8. The van der Waals surface area contributed by atoms with E-state index in [1.807, 2.05) is 36.4 Å². The molecule has 12 heteroatoms. The summed E-state index contributed by atoms with van der Waals surface area (Å²) in [6.07, 6.45) is 2.29. The zero-order valence-electron chi connectivity index (χ0n) is 27.2. The molecule has 0 saturated carbocycles. The van der Waals surface area contributed by atoms with Crippen LogP contribution in [0.25, 0.3) is 33.4 Å². The quantitative estimate of drug-likeness (QED) is 0.0729. The third kappa shape index (κ3) is 7.86. The largest absolute Gasteiger partial charge is 0.456 e. The number of anilines is 1. The first-order valence-electron chi connectivity index (χ1n) is 15.8. The van der Waals surface area contributed by atoms with Crippen molar-refractivity contribution < 1.29 is 30.6 Å². The maximum Gasteiger partial charge on any atom is 0.295 e. The average molecular weight is 671 g/mol. The van der Waals surface area contributed by atoms with Gasteiger partial charge in [0.15, 0.2) is 0 Å². The maximum atomic E-state index is 13.2. The van der Waals surface area contributed by atoms with Crippen molar-refractivity contribution in [2.24, 2.45) is 0 Å². The third-order valence-corrected chi connectivity index (χ3v) is 10.6. The lowest BCUT2D eigenvalue weighted by atomic mass is 9.93. The molecule has 0 radical (unpaired) electrons. The lowest BCUT2D eigenvalue weighted by Crippen LogP contribution is -2.29. The van der Waals surface area contributed by atoms with Crippen LogP contribution in [0.4, 0.5) is 5.69 Å². The maximum absolute atomic E-state index is 13.2. The van der Waals surface area contributed by atoms with E-state index in [2.05, 4.69) is 41.9 Å². The Labute approximate surface area is 271 Å². The standard InChI is InChI=1S/C34H43N3O7S2/c1-6-36(7-2)25-14-17-28-31(21-25)44-32-22-26(37(8-3)9-4)15-18-29(32)34(28)30-19-16-27(23-33(30)46(41,42)43)45(39,40)35-20-12-10-11-13-24(5)38/h14-19,21-23,35H,6-13,20H2,1-5H3/p+1. The summed E-state index contributed by atoms with van der Waals surface area (Å²) in [5, 5.41) is 1.55. The van der Waals surface area contributed by atoms with E-state index in [0.717, 1.165) is 43.3 Å². The van der Waals surface area contributed by atoms with Crippen LogP contribution in [0.3, 0.4) is 0 Å². The number of Topliss-reactive ketones (excluding diaryl/α,β-unsaturated/α-hetero) is 1. The summed E-state index contributed by atoms with van der Waals surface area (Å²) in [5.74, 6) is 0.604. The number of fused-ring (bicyclic) bond motifs is 2. The normalized spacial score (nSPS) is 12.1. The van der Waals surface area contributed by atoms with Crippen LogP contribution >= 0.6 is 0 Å². The van der Waals surface area contributed by atoms with Crippen molar-refractivity contribution in [2.45, 2.75) is 70.1 Å². The van der Waals surface area contributed by atoms with Crippen molar-refractivity contribution in [2.75, 3.05) is 37.6 Å². The molecule has 4 rings (SSSR count). The summed E-state index contributed by atoms with van der Waals surface area (Å²) < 4.78 is 73.7. The molecule has 1 aliphatic heterocycles. The molecular weight excluding hydrogens is 627 g/mol. The molecule has 0 amide bonds. The third-order valence-electron chi connectivity index (χ3n) is 8.25. The molecule has 0 aromatic heterocycles. The van der Waals surface area contributed by atoms with Gasteiger partial charge in [-0.25, -0.2) is 17.7 Å². The van der Waals surface area contributed by atoms with Gasteiger partial charge in [-0.3, -0.25) is 4.55 Å². The fraction of sp³-hybridized carbons (Fsp3) is 0.412. The van der Waals surface area contributed by atoms with Crippen LogP contribution in [0.15, 0.2) is 68.8 Å². The minimum Gasteiger partial charge on any atom is -0.456 e. The molecule has 1 aliphatic carbocycles. The van der Waals surface area contributed by atoms with Gasteiger partial charge in [0.05, 0.1) is 11.0 Å². The number of nitrogens with one attached hydrogen (secondary N) is 1. The van der Waals surface area contributed by atoms with E-state index < -0.39 is 25.0 Å². The number of rotatable bonds is 15. The number of nitrogens with zero attached hydrogens (tertiary/aromatic N) is 2. The van der Waals surface area contributed by atoms with Gasteiger partial charge in [-0.05, 0) is 77.8 Å². The molecule has 0 fully saturated rings. The number of benzene rings is 3. The Morgan fingerprint density at radius 1 is 0.870 bits per heavy atom. The Morgan fingerprint density at radius 2 is 1.57 bits per heavy atom. The van der Waals surface area contributed by atoms with Crippen molar-refractivity contribution in [3.63, 3.8) is 0 Å². The molecule has 0 atom stereocenters. The van der Waals surface area contributed by atoms with Gasteiger partial charge >= 0.3 is 0 Å². The van der Waals surface area contributed by atoms with Crippen molar-refractivity contribution in [1.29, 1.82) is 0 Å². The predicted octanol–water partition coefficient (Wildman–Crippen LogP) is 5.54. The van der Waals surface area contributed by atoms with E-state index in [1.54, 1.807) is 0 Å². The highest BCUT2D eigenvalue weighted by Gasteiger charge is 2.27. The molecule has 2 aromatic carbocycles. The molecular formula is C34H44N3O7S2+. The fourth-order valence-electron chi connectivity index (χ4n) is 5.78. The summed E-state index contributed by atoms with van der Waals surface area (Å²) in [6.45, 7) is 13.0. The zero-order valence-corrected chi connectivity index (χ0v) is 28.8. The van der Waals surface area contributed by atoms with Crippen molar-refractivity contribution in [3.05, 3.63) is 60.0 Å². The van der Waals surface area contributed by atoms with E-state index in [0.29, 0.717) is 53.5 Å². The lowest BCUT2D eigenvalue weighted by Gasteiger charge is -2.22. The molecule has 10 nitrogen and oxygen atoms in total. The van der Waals surface area contributed by atoms with E-state index in [4.69, 9.17) is 4.42 Å². The highest BCUT2D eigenvalue weighted by molar-refractivity contribution is 7.89. The van der Waals surface area contributed by atoms with E-state index in [1.165, 1.54) is 19.1 Å². The van der Waals surface area contributed by atoms with E-state index >= 15 is 0 Å². The molecule has 248 valence electrons. The van der Waals surface area contributed by atoms with Gasteiger partial charge in [-0.15, -0.1) is 0 Å². The van der Waals surface area contributed by atoms with E-state index in [9.17, 15) is 26.2 Å². The number of sulfonamides is 1. The predicted molar refractivity (Wildman–Crippen MR) is 182 cm³/mol. The van der Waals surface area contributed by atoms with Crippen LogP contribution in [0.5, 0.6) is 0 Å². The lowest BCUT2D eigenvalue weighted by molar-refractivity contribution is -0.117. The zero-order chi connectivity index (χ0) is 33.6. The van der Waals surface area contributed by atoms with Gasteiger partial charge in [0, 0.05) is 66.0 Å². The van der Waals surface area contributed by atoms with Crippen LogP contribution in [0.2, 0.25) is 0 Å². The van der Waals surface area contributed by atoms with Gasteiger partial charge in [0.25, 0.3) is 10.1 Å². The smallest absolute Gasteiger partial charge is 0.295 e. The number of carbonyl (C=O) groups is 1. The SMILES string of the molecule is CCN(CC)c1ccc2c(-c3ccc(S(=O)(=O)NCCCCCC(C)=O)cc3S(=O)(=O)O)c3ccc(=[N+](CC)CC)cc-3oc2c1. The summed E-state index contributed by atoms with van der Waals surface area (Å²) in [6, 6.07) is 15.2. The number of hydrogen-bond acceptors (Lipinski definition) is 7. The molecule has 2 aliphatic rings. The fourth-order valence-corrected chi connectivity index (χ4v) is 7.68. The molecule has 0 unspecified atom stereocenters. The van der Waals surface area contributed by atoms with Gasteiger partial charge in [-0.1, -0.05) is 12.5 Å². The monoisotopic (exact) mass is 670 g/mol. The second kappa shape index (κ2) is 14.9. The summed E-state index contributed by atoms with van der Waals surface area (Å²) in [5.41, 5.74) is 2.73. The first kappa shape index (κ1) is 35.3. The number of carbonyl (C=O) groups excluding carboxylic acids is 1. The highest BCUT2D eigenvalue weighted by atomic mass is 32.2. The highest BCUT2D eigenvalue weighted by Crippen LogP contribution is 2.43.